The minimum Gasteiger partial charge on any atom is -0.456 e. The van der Waals surface area contributed by atoms with Crippen LogP contribution in [0.3, 0.4) is 0 Å². The summed E-state index contributed by atoms with van der Waals surface area (Å²) in [4.78, 5) is 0.840. The molecule has 0 aliphatic heterocycles. The number of nitrogens with two attached hydrogens (primary N) is 2. The Labute approximate surface area is 224 Å². The average Bonchev–Trinajstić information content (AvgIpc) is 2.83. The Morgan fingerprint density at radius 2 is 0.897 bits per heavy atom. The largest absolute Gasteiger partial charge is 0.456 e. The van der Waals surface area contributed by atoms with E-state index in [0.717, 1.165) is 47.2 Å². The Hall–Kier alpha value is -3.99. The van der Waals surface area contributed by atoms with Crippen molar-refractivity contribution in [3.8, 4) is 23.0 Å². The zero-order valence-electron chi connectivity index (χ0n) is 20.6. The van der Waals surface area contributed by atoms with E-state index in [2.05, 4.69) is 0 Å². The number of ether oxygens (including phenoxy) is 2. The van der Waals surface area contributed by atoms with Gasteiger partial charge in [-0.25, -0.2) is 0 Å². The molecule has 4 rings (SSSR count). The molecule has 0 spiro atoms. The Bertz CT molecular complexity index is 1410. The molecule has 4 aromatic carbocycles. The third-order valence-corrected chi connectivity index (χ3v) is 6.55. The van der Waals surface area contributed by atoms with E-state index in [1.165, 1.54) is 24.3 Å². The van der Waals surface area contributed by atoms with Crippen LogP contribution < -0.4 is 20.9 Å². The highest BCUT2D eigenvalue weighted by atomic mass is 32.2. The van der Waals surface area contributed by atoms with E-state index in [4.69, 9.17) is 20.9 Å². The molecule has 0 atom stereocenters. The minimum atomic E-state index is -4.71. The van der Waals surface area contributed by atoms with Crippen molar-refractivity contribution in [1.29, 1.82) is 0 Å². The summed E-state index contributed by atoms with van der Waals surface area (Å²) in [6.45, 7) is 3.58. The fourth-order valence-corrected chi connectivity index (χ4v) is 4.78. The number of rotatable bonds is 6. The molecule has 0 unspecified atom stereocenters. The van der Waals surface area contributed by atoms with Crippen molar-refractivity contribution >= 4 is 23.1 Å². The Morgan fingerprint density at radius 3 is 1.26 bits per heavy atom. The van der Waals surface area contributed by atoms with Gasteiger partial charge in [0, 0.05) is 11.4 Å². The van der Waals surface area contributed by atoms with Crippen LogP contribution in [0.15, 0.2) is 82.6 Å². The van der Waals surface area contributed by atoms with E-state index in [1.54, 1.807) is 38.1 Å². The van der Waals surface area contributed by atoms with E-state index in [-0.39, 0.29) is 22.9 Å². The first kappa shape index (κ1) is 28.0. The van der Waals surface area contributed by atoms with Crippen molar-refractivity contribution in [3.63, 3.8) is 0 Å². The van der Waals surface area contributed by atoms with Gasteiger partial charge in [-0.05, 0) is 85.6 Å². The van der Waals surface area contributed by atoms with Crippen molar-refractivity contribution in [3.05, 3.63) is 95.1 Å². The monoisotopic (exact) mass is 564 g/mol. The molecule has 0 bridgehead atoms. The molecule has 204 valence electrons. The molecule has 0 heterocycles. The molecular formula is C28H22F6N2O2S. The maximum atomic E-state index is 13.6. The van der Waals surface area contributed by atoms with Crippen molar-refractivity contribution < 1.29 is 35.8 Å². The zero-order chi connectivity index (χ0) is 28.5. The lowest BCUT2D eigenvalue weighted by molar-refractivity contribution is -0.139. The van der Waals surface area contributed by atoms with Gasteiger partial charge in [-0.15, -0.1) is 0 Å². The van der Waals surface area contributed by atoms with Crippen LogP contribution >= 0.6 is 11.8 Å². The molecule has 0 aromatic heterocycles. The Kier molecular flexibility index (Phi) is 7.65. The predicted octanol–water partition coefficient (Wildman–Crippen LogP) is 9.24. The highest BCUT2D eigenvalue weighted by Gasteiger charge is 2.36. The van der Waals surface area contributed by atoms with E-state index >= 15 is 0 Å². The molecule has 0 saturated heterocycles. The number of hydrogen-bond acceptors (Lipinski definition) is 5. The molecule has 0 aliphatic carbocycles. The highest BCUT2D eigenvalue weighted by molar-refractivity contribution is 7.99. The first-order valence-corrected chi connectivity index (χ1v) is 12.2. The van der Waals surface area contributed by atoms with Gasteiger partial charge in [-0.1, -0.05) is 23.9 Å². The fraction of sp³-hybridized carbons (Fsp3) is 0.143. The molecule has 4 N–H and O–H groups in total. The second kappa shape index (κ2) is 10.6. The summed E-state index contributed by atoms with van der Waals surface area (Å²) in [5.74, 6) is -0.673. The molecule has 39 heavy (non-hydrogen) atoms. The molecule has 0 saturated carbocycles. The van der Waals surface area contributed by atoms with Gasteiger partial charge in [0.1, 0.15) is 34.1 Å². The van der Waals surface area contributed by atoms with Gasteiger partial charge in [0.05, 0.1) is 9.79 Å². The second-order valence-corrected chi connectivity index (χ2v) is 9.80. The molecule has 0 radical (unpaired) electrons. The van der Waals surface area contributed by atoms with Crippen LogP contribution in [0.1, 0.15) is 22.3 Å². The third kappa shape index (κ3) is 6.72. The average molecular weight is 565 g/mol. The van der Waals surface area contributed by atoms with Crippen LogP contribution in [-0.4, -0.2) is 0 Å². The second-order valence-electron chi connectivity index (χ2n) is 8.71. The first-order chi connectivity index (χ1) is 18.2. The van der Waals surface area contributed by atoms with Crippen molar-refractivity contribution in [1.82, 2.24) is 0 Å². The van der Waals surface area contributed by atoms with Crippen LogP contribution in [-0.2, 0) is 12.4 Å². The SMILES string of the molecule is Cc1ccc(Oc2ccc(N)cc2C(F)(F)F)c(Sc2cc(C)ccc2Oc2ccc(N)cc2C(F)(F)F)c1. The number of benzene rings is 4. The number of aryl methyl sites for hydroxylation is 2. The fourth-order valence-electron chi connectivity index (χ4n) is 3.63. The smallest absolute Gasteiger partial charge is 0.420 e. The summed E-state index contributed by atoms with van der Waals surface area (Å²) in [7, 11) is 0. The van der Waals surface area contributed by atoms with E-state index < -0.39 is 35.0 Å². The maximum absolute atomic E-state index is 13.6. The molecule has 0 amide bonds. The number of halogens is 6. The summed E-state index contributed by atoms with van der Waals surface area (Å²) >= 11 is 1.08. The van der Waals surface area contributed by atoms with Crippen LogP contribution in [0.4, 0.5) is 37.7 Å². The summed E-state index contributed by atoms with van der Waals surface area (Å²) < 4.78 is 93.3. The third-order valence-electron chi connectivity index (χ3n) is 5.48. The molecule has 0 fully saturated rings. The Balaban J connectivity index is 1.74. The van der Waals surface area contributed by atoms with Crippen LogP contribution in [0.2, 0.25) is 0 Å². The van der Waals surface area contributed by atoms with Crippen molar-refractivity contribution in [2.75, 3.05) is 11.5 Å². The van der Waals surface area contributed by atoms with Crippen LogP contribution in [0.5, 0.6) is 23.0 Å². The quantitative estimate of drug-likeness (QED) is 0.180. The molecule has 4 aromatic rings. The first-order valence-electron chi connectivity index (χ1n) is 11.4. The summed E-state index contributed by atoms with van der Waals surface area (Å²) in [6.07, 6.45) is -9.43. The van der Waals surface area contributed by atoms with Gasteiger partial charge in [0.2, 0.25) is 0 Å². The van der Waals surface area contributed by atoms with Gasteiger partial charge < -0.3 is 20.9 Å². The lowest BCUT2D eigenvalue weighted by atomic mass is 10.1. The molecular weight excluding hydrogens is 542 g/mol. The minimum absolute atomic E-state index is 0.0735. The normalized spacial score (nSPS) is 11.9. The van der Waals surface area contributed by atoms with Gasteiger partial charge >= 0.3 is 12.4 Å². The summed E-state index contributed by atoms with van der Waals surface area (Å²) in [6, 6.07) is 16.2. The lowest BCUT2D eigenvalue weighted by Crippen LogP contribution is -2.08. The van der Waals surface area contributed by atoms with Gasteiger partial charge in [0.15, 0.2) is 0 Å². The summed E-state index contributed by atoms with van der Waals surface area (Å²) in [5, 5.41) is 0. The topological polar surface area (TPSA) is 70.5 Å². The van der Waals surface area contributed by atoms with Crippen LogP contribution in [0, 0.1) is 13.8 Å². The summed E-state index contributed by atoms with van der Waals surface area (Å²) in [5.41, 5.74) is 10.5. The maximum Gasteiger partial charge on any atom is 0.420 e. The number of hydrogen-bond donors (Lipinski definition) is 2. The number of nitrogen functional groups attached to an aromatic ring is 2. The van der Waals surface area contributed by atoms with E-state index in [0.29, 0.717) is 9.79 Å². The molecule has 0 aliphatic rings. The van der Waals surface area contributed by atoms with E-state index in [9.17, 15) is 26.3 Å². The van der Waals surface area contributed by atoms with Gasteiger partial charge in [0.25, 0.3) is 0 Å². The standard InChI is InChI=1S/C28H22F6N2O2S/c1-15-3-7-23(37-21-9-5-17(35)13-19(21)27(29,30)31)25(11-15)39-26-12-16(2)4-8-24(26)38-22-10-6-18(36)14-20(22)28(32,33)34/h3-14H,35-36H2,1-2H3. The van der Waals surface area contributed by atoms with Crippen molar-refractivity contribution in [2.24, 2.45) is 0 Å². The molecule has 11 heteroatoms. The van der Waals surface area contributed by atoms with Crippen LogP contribution in [0.25, 0.3) is 0 Å². The number of alkyl halides is 6. The Morgan fingerprint density at radius 1 is 0.538 bits per heavy atom. The van der Waals surface area contributed by atoms with E-state index in [1.807, 2.05) is 0 Å². The van der Waals surface area contributed by atoms with Crippen molar-refractivity contribution in [2.45, 2.75) is 36.0 Å². The lowest BCUT2D eigenvalue weighted by Gasteiger charge is -2.18. The number of anilines is 2. The highest BCUT2D eigenvalue weighted by Crippen LogP contribution is 2.46. The zero-order valence-corrected chi connectivity index (χ0v) is 21.4. The predicted molar refractivity (Wildman–Crippen MR) is 138 cm³/mol. The van der Waals surface area contributed by atoms with Gasteiger partial charge in [-0.2, -0.15) is 26.3 Å². The van der Waals surface area contributed by atoms with Gasteiger partial charge in [-0.3, -0.25) is 0 Å². The molecule has 4 nitrogen and oxygen atoms in total.